The lowest BCUT2D eigenvalue weighted by Gasteiger charge is -2.51. The minimum absolute atomic E-state index is 0.0408. The smallest absolute Gasteiger partial charge is 0.408 e. The molecule has 1 saturated heterocycles. The van der Waals surface area contributed by atoms with Gasteiger partial charge in [0.15, 0.2) is 0 Å². The SMILES string of the molecule is CC(C)C[C@@H](C(=O)NC(C)(C)C)N1CCC[C@@](O)([C@H](Cc2ccccc2)N(C(=O)O)C(C)(C)C)C1. The summed E-state index contributed by atoms with van der Waals surface area (Å²) in [6.07, 6.45) is 1.20. The second-order valence-corrected chi connectivity index (χ2v) is 12.6. The molecule has 2 amide bonds. The molecule has 1 aromatic carbocycles. The normalized spacial score (nSPS) is 21.4. The Bertz CT molecular complexity index is 844. The lowest BCUT2D eigenvalue weighted by molar-refractivity contribution is -0.137. The first-order chi connectivity index (χ1) is 16.0. The Morgan fingerprint density at radius 2 is 1.71 bits per heavy atom. The van der Waals surface area contributed by atoms with Gasteiger partial charge in [-0.3, -0.25) is 14.6 Å². The number of carbonyl (C=O) groups is 2. The van der Waals surface area contributed by atoms with Gasteiger partial charge in [-0.2, -0.15) is 0 Å². The first-order valence-corrected chi connectivity index (χ1v) is 12.9. The molecular formula is C28H47N3O4. The van der Waals surface area contributed by atoms with E-state index in [9.17, 15) is 19.8 Å². The molecule has 0 bridgehead atoms. The highest BCUT2D eigenvalue weighted by Gasteiger charge is 2.49. The van der Waals surface area contributed by atoms with E-state index in [2.05, 4.69) is 24.1 Å². The van der Waals surface area contributed by atoms with Gasteiger partial charge in [0.2, 0.25) is 5.91 Å². The number of aliphatic hydroxyl groups is 1. The Labute approximate surface area is 211 Å². The molecule has 0 aromatic heterocycles. The first-order valence-electron chi connectivity index (χ1n) is 12.9. The quantitative estimate of drug-likeness (QED) is 0.499. The summed E-state index contributed by atoms with van der Waals surface area (Å²) in [5.41, 5.74) is -1.38. The second-order valence-electron chi connectivity index (χ2n) is 12.6. The zero-order chi connectivity index (χ0) is 26.6. The predicted octanol–water partition coefficient (Wildman–Crippen LogP) is 4.53. The van der Waals surface area contributed by atoms with E-state index in [-0.39, 0.29) is 24.0 Å². The zero-order valence-corrected chi connectivity index (χ0v) is 23.0. The molecule has 35 heavy (non-hydrogen) atoms. The number of rotatable bonds is 8. The van der Waals surface area contributed by atoms with E-state index in [1.54, 1.807) is 0 Å². The summed E-state index contributed by atoms with van der Waals surface area (Å²) in [5, 5.41) is 25.5. The highest BCUT2D eigenvalue weighted by atomic mass is 16.4. The third kappa shape index (κ3) is 8.21. The van der Waals surface area contributed by atoms with Crippen molar-refractivity contribution in [2.75, 3.05) is 13.1 Å². The van der Waals surface area contributed by atoms with E-state index >= 15 is 0 Å². The minimum atomic E-state index is -1.29. The first kappa shape index (κ1) is 29.1. The van der Waals surface area contributed by atoms with Gasteiger partial charge in [0, 0.05) is 17.6 Å². The number of likely N-dealkylation sites (tertiary alicyclic amines) is 1. The maximum Gasteiger partial charge on any atom is 0.408 e. The van der Waals surface area contributed by atoms with Crippen molar-refractivity contribution in [3.8, 4) is 0 Å². The van der Waals surface area contributed by atoms with E-state index < -0.39 is 23.3 Å². The molecule has 0 aliphatic carbocycles. The van der Waals surface area contributed by atoms with Crippen molar-refractivity contribution < 1.29 is 19.8 Å². The van der Waals surface area contributed by atoms with Crippen molar-refractivity contribution in [3.05, 3.63) is 35.9 Å². The van der Waals surface area contributed by atoms with E-state index in [1.807, 2.05) is 71.9 Å². The monoisotopic (exact) mass is 489 g/mol. The van der Waals surface area contributed by atoms with Crippen molar-refractivity contribution >= 4 is 12.0 Å². The number of carboxylic acid groups (broad SMARTS) is 1. The van der Waals surface area contributed by atoms with Crippen LogP contribution in [0.4, 0.5) is 4.79 Å². The predicted molar refractivity (Wildman–Crippen MR) is 140 cm³/mol. The lowest BCUT2D eigenvalue weighted by Crippen LogP contribution is -2.67. The highest BCUT2D eigenvalue weighted by Crippen LogP contribution is 2.35. The van der Waals surface area contributed by atoms with Gasteiger partial charge in [0.05, 0.1) is 17.7 Å². The van der Waals surface area contributed by atoms with Crippen LogP contribution < -0.4 is 5.32 Å². The van der Waals surface area contributed by atoms with Gasteiger partial charge >= 0.3 is 6.09 Å². The molecule has 7 heteroatoms. The molecule has 3 N–H and O–H groups in total. The molecule has 1 fully saturated rings. The van der Waals surface area contributed by atoms with Crippen molar-refractivity contribution in [1.82, 2.24) is 15.1 Å². The second kappa shape index (κ2) is 11.3. The molecule has 0 radical (unpaired) electrons. The summed E-state index contributed by atoms with van der Waals surface area (Å²) in [6, 6.07) is 8.69. The maximum absolute atomic E-state index is 13.3. The summed E-state index contributed by atoms with van der Waals surface area (Å²) < 4.78 is 0. The van der Waals surface area contributed by atoms with Crippen LogP contribution in [-0.2, 0) is 11.2 Å². The lowest BCUT2D eigenvalue weighted by atomic mass is 9.79. The Hall–Kier alpha value is -2.12. The number of β-amino-alcohol motifs (C(OH)–C–C–N with tert-alkyl or cyclic N) is 1. The number of benzene rings is 1. The molecule has 1 heterocycles. The average Bonchev–Trinajstić information content (AvgIpc) is 2.69. The Morgan fingerprint density at radius 3 is 2.20 bits per heavy atom. The Balaban J connectivity index is 2.46. The van der Waals surface area contributed by atoms with Crippen molar-refractivity contribution in [1.29, 1.82) is 0 Å². The van der Waals surface area contributed by atoms with Crippen LogP contribution in [0, 0.1) is 5.92 Å². The third-order valence-electron chi connectivity index (χ3n) is 6.60. The molecule has 0 spiro atoms. The Morgan fingerprint density at radius 1 is 1.11 bits per heavy atom. The number of carbonyl (C=O) groups excluding carboxylic acids is 1. The van der Waals surface area contributed by atoms with Gasteiger partial charge < -0.3 is 15.5 Å². The van der Waals surface area contributed by atoms with Gasteiger partial charge in [-0.05, 0) is 85.3 Å². The average molecular weight is 490 g/mol. The molecule has 3 atom stereocenters. The van der Waals surface area contributed by atoms with E-state index in [1.165, 1.54) is 4.90 Å². The van der Waals surface area contributed by atoms with Gasteiger partial charge in [-0.25, -0.2) is 4.79 Å². The molecule has 2 rings (SSSR count). The number of nitrogens with zero attached hydrogens (tertiary/aromatic N) is 2. The topological polar surface area (TPSA) is 93.1 Å². The van der Waals surface area contributed by atoms with Crippen LogP contribution in [0.25, 0.3) is 0 Å². The largest absolute Gasteiger partial charge is 0.465 e. The van der Waals surface area contributed by atoms with E-state index in [0.717, 1.165) is 5.56 Å². The van der Waals surface area contributed by atoms with E-state index in [4.69, 9.17) is 0 Å². The number of amides is 2. The summed E-state index contributed by atoms with van der Waals surface area (Å²) in [5.74, 6) is 0.256. The van der Waals surface area contributed by atoms with Crippen LogP contribution in [0.3, 0.4) is 0 Å². The minimum Gasteiger partial charge on any atom is -0.465 e. The summed E-state index contributed by atoms with van der Waals surface area (Å²) >= 11 is 0. The van der Waals surface area contributed by atoms with Gasteiger partial charge in [-0.1, -0.05) is 44.2 Å². The van der Waals surface area contributed by atoms with Crippen LogP contribution in [0.1, 0.15) is 80.2 Å². The molecule has 1 aliphatic heterocycles. The molecule has 0 saturated carbocycles. The molecule has 1 aromatic rings. The molecule has 198 valence electrons. The fourth-order valence-corrected chi connectivity index (χ4v) is 5.20. The van der Waals surface area contributed by atoms with Crippen LogP contribution >= 0.6 is 0 Å². The van der Waals surface area contributed by atoms with Crippen molar-refractivity contribution in [2.24, 2.45) is 5.92 Å². The Kier molecular flexibility index (Phi) is 9.39. The van der Waals surface area contributed by atoms with Gasteiger partial charge in [0.1, 0.15) is 0 Å². The van der Waals surface area contributed by atoms with Crippen molar-refractivity contribution in [2.45, 2.75) is 110 Å². The maximum atomic E-state index is 13.3. The van der Waals surface area contributed by atoms with Crippen LogP contribution in [0.15, 0.2) is 30.3 Å². The molecule has 7 nitrogen and oxygen atoms in total. The third-order valence-corrected chi connectivity index (χ3v) is 6.60. The standard InChI is InChI=1S/C28H47N3O4/c1-20(2)17-22(24(32)29-26(3,4)5)30-16-12-15-28(35,19-30)23(18-21-13-10-9-11-14-21)31(25(33)34)27(6,7)8/h9-11,13-14,20,22-23,35H,12,15-19H2,1-8H3,(H,29,32)(H,33,34)/t22-,23-,28-/m0/s1. The molecule has 1 aliphatic rings. The summed E-state index contributed by atoms with van der Waals surface area (Å²) in [6.45, 7) is 16.6. The highest BCUT2D eigenvalue weighted by molar-refractivity contribution is 5.82. The fourth-order valence-electron chi connectivity index (χ4n) is 5.20. The number of piperidine rings is 1. The van der Waals surface area contributed by atoms with Crippen molar-refractivity contribution in [3.63, 3.8) is 0 Å². The molecular weight excluding hydrogens is 442 g/mol. The van der Waals surface area contributed by atoms with Crippen LogP contribution in [0.2, 0.25) is 0 Å². The fraction of sp³-hybridized carbons (Fsp3) is 0.714. The summed E-state index contributed by atoms with van der Waals surface area (Å²) in [4.78, 5) is 29.3. The number of nitrogens with one attached hydrogen (secondary N) is 1. The van der Waals surface area contributed by atoms with Crippen LogP contribution in [-0.4, -0.2) is 73.9 Å². The summed E-state index contributed by atoms with van der Waals surface area (Å²) in [7, 11) is 0. The zero-order valence-electron chi connectivity index (χ0n) is 23.0. The molecule has 0 unspecified atom stereocenters. The van der Waals surface area contributed by atoms with Gasteiger partial charge in [-0.15, -0.1) is 0 Å². The van der Waals surface area contributed by atoms with E-state index in [0.29, 0.717) is 38.1 Å². The number of hydrogen-bond donors (Lipinski definition) is 3. The van der Waals surface area contributed by atoms with Crippen LogP contribution in [0.5, 0.6) is 0 Å². The van der Waals surface area contributed by atoms with Gasteiger partial charge in [0.25, 0.3) is 0 Å². The number of hydrogen-bond acceptors (Lipinski definition) is 4.